The third-order valence-corrected chi connectivity index (χ3v) is 5.97. The second-order valence-corrected chi connectivity index (χ2v) is 8.14. The van der Waals surface area contributed by atoms with E-state index in [0.29, 0.717) is 0 Å². The average Bonchev–Trinajstić information content (AvgIpc) is 2.61. The standard InChI is InChI=1S/C25H44/c1-5-6-7-8-9-10-11-12-13-14-15-16-17-18-19-25-21-20-22(2)23(3)24(25)4/h20-21H,5-19H2,1-4H3. The third kappa shape index (κ3) is 10.1. The average molecular weight is 345 g/mol. The first-order chi connectivity index (χ1) is 12.2. The zero-order valence-electron chi connectivity index (χ0n) is 17.8. The van der Waals surface area contributed by atoms with Crippen molar-refractivity contribution in [1.29, 1.82) is 0 Å². The summed E-state index contributed by atoms with van der Waals surface area (Å²) < 4.78 is 0. The van der Waals surface area contributed by atoms with Crippen LogP contribution in [-0.2, 0) is 6.42 Å². The van der Waals surface area contributed by atoms with E-state index >= 15 is 0 Å². The molecule has 0 aliphatic carbocycles. The van der Waals surface area contributed by atoms with E-state index in [1.165, 1.54) is 113 Å². The van der Waals surface area contributed by atoms with Crippen LogP contribution in [0.3, 0.4) is 0 Å². The molecule has 1 aromatic carbocycles. The van der Waals surface area contributed by atoms with Gasteiger partial charge in [-0.1, -0.05) is 103 Å². The van der Waals surface area contributed by atoms with E-state index in [4.69, 9.17) is 0 Å². The van der Waals surface area contributed by atoms with Crippen molar-refractivity contribution >= 4 is 0 Å². The minimum atomic E-state index is 1.27. The minimum Gasteiger partial charge on any atom is -0.0654 e. The molecule has 0 heterocycles. The lowest BCUT2D eigenvalue weighted by atomic mass is 9.95. The molecule has 0 unspecified atom stereocenters. The van der Waals surface area contributed by atoms with Gasteiger partial charge in [0.1, 0.15) is 0 Å². The number of benzene rings is 1. The van der Waals surface area contributed by atoms with Crippen LogP contribution in [0.5, 0.6) is 0 Å². The predicted molar refractivity (Wildman–Crippen MR) is 115 cm³/mol. The van der Waals surface area contributed by atoms with Crippen molar-refractivity contribution in [3.05, 3.63) is 34.4 Å². The number of hydrogen-bond donors (Lipinski definition) is 0. The molecule has 0 aliphatic heterocycles. The number of aryl methyl sites for hydroxylation is 2. The maximum atomic E-state index is 2.35. The lowest BCUT2D eigenvalue weighted by molar-refractivity contribution is 0.535. The molecule has 0 amide bonds. The molecule has 0 fully saturated rings. The van der Waals surface area contributed by atoms with Crippen molar-refractivity contribution in [3.8, 4) is 0 Å². The van der Waals surface area contributed by atoms with Gasteiger partial charge in [0.05, 0.1) is 0 Å². The molecule has 0 spiro atoms. The maximum absolute atomic E-state index is 2.35. The first kappa shape index (κ1) is 22.3. The fourth-order valence-electron chi connectivity index (χ4n) is 3.79. The quantitative estimate of drug-likeness (QED) is 0.279. The van der Waals surface area contributed by atoms with Gasteiger partial charge in [-0.2, -0.15) is 0 Å². The summed E-state index contributed by atoms with van der Waals surface area (Å²) in [5.41, 5.74) is 6.02. The van der Waals surface area contributed by atoms with E-state index < -0.39 is 0 Å². The summed E-state index contributed by atoms with van der Waals surface area (Å²) in [5, 5.41) is 0. The van der Waals surface area contributed by atoms with Crippen LogP contribution in [0.2, 0.25) is 0 Å². The van der Waals surface area contributed by atoms with Crippen LogP contribution in [-0.4, -0.2) is 0 Å². The lowest BCUT2D eigenvalue weighted by Crippen LogP contribution is -1.95. The van der Waals surface area contributed by atoms with Crippen LogP contribution in [0.1, 0.15) is 119 Å². The maximum Gasteiger partial charge on any atom is -0.0276 e. The summed E-state index contributed by atoms with van der Waals surface area (Å²) >= 11 is 0. The van der Waals surface area contributed by atoms with Gasteiger partial charge in [-0.3, -0.25) is 0 Å². The molecule has 0 saturated carbocycles. The van der Waals surface area contributed by atoms with Crippen molar-refractivity contribution in [2.75, 3.05) is 0 Å². The van der Waals surface area contributed by atoms with E-state index in [0.717, 1.165) is 0 Å². The highest BCUT2D eigenvalue weighted by molar-refractivity contribution is 5.38. The van der Waals surface area contributed by atoms with Crippen molar-refractivity contribution in [1.82, 2.24) is 0 Å². The van der Waals surface area contributed by atoms with Crippen molar-refractivity contribution < 1.29 is 0 Å². The third-order valence-electron chi connectivity index (χ3n) is 5.97. The lowest BCUT2D eigenvalue weighted by Gasteiger charge is -2.11. The molecule has 0 aromatic heterocycles. The fourth-order valence-corrected chi connectivity index (χ4v) is 3.79. The minimum absolute atomic E-state index is 1.27. The van der Waals surface area contributed by atoms with E-state index in [9.17, 15) is 0 Å². The van der Waals surface area contributed by atoms with Crippen LogP contribution < -0.4 is 0 Å². The molecule has 0 N–H and O–H groups in total. The van der Waals surface area contributed by atoms with Gasteiger partial charge in [0.25, 0.3) is 0 Å². The molecule has 0 saturated heterocycles. The first-order valence-electron chi connectivity index (χ1n) is 11.2. The van der Waals surface area contributed by atoms with Crippen molar-refractivity contribution in [2.45, 2.75) is 124 Å². The van der Waals surface area contributed by atoms with Gasteiger partial charge >= 0.3 is 0 Å². The van der Waals surface area contributed by atoms with Crippen molar-refractivity contribution in [2.24, 2.45) is 0 Å². The Hall–Kier alpha value is -0.780. The smallest absolute Gasteiger partial charge is 0.0276 e. The largest absolute Gasteiger partial charge is 0.0654 e. The molecule has 0 radical (unpaired) electrons. The summed E-state index contributed by atoms with van der Waals surface area (Å²) in [7, 11) is 0. The number of unbranched alkanes of at least 4 members (excludes halogenated alkanes) is 13. The fraction of sp³-hybridized carbons (Fsp3) is 0.760. The highest BCUT2D eigenvalue weighted by Gasteiger charge is 2.03. The summed E-state index contributed by atoms with van der Waals surface area (Å²) in [6.45, 7) is 9.07. The molecule has 1 aromatic rings. The first-order valence-corrected chi connectivity index (χ1v) is 11.2. The van der Waals surface area contributed by atoms with E-state index in [2.05, 4.69) is 39.8 Å². The molecule has 0 aliphatic rings. The van der Waals surface area contributed by atoms with Gasteiger partial charge in [0.2, 0.25) is 0 Å². The summed E-state index contributed by atoms with van der Waals surface area (Å²) in [4.78, 5) is 0. The van der Waals surface area contributed by atoms with Gasteiger partial charge < -0.3 is 0 Å². The van der Waals surface area contributed by atoms with Gasteiger partial charge in [0, 0.05) is 0 Å². The molecular formula is C25H44. The van der Waals surface area contributed by atoms with Gasteiger partial charge in [-0.15, -0.1) is 0 Å². The zero-order chi connectivity index (χ0) is 18.3. The van der Waals surface area contributed by atoms with E-state index in [1.807, 2.05) is 0 Å². The SMILES string of the molecule is CCCCCCCCCCCCCCCCc1ccc(C)c(C)c1C. The molecule has 0 heteroatoms. The van der Waals surface area contributed by atoms with E-state index in [1.54, 1.807) is 5.56 Å². The predicted octanol–water partition coefficient (Wildman–Crippen LogP) is 8.64. The summed E-state index contributed by atoms with van der Waals surface area (Å²) in [5.74, 6) is 0. The highest BCUT2D eigenvalue weighted by Crippen LogP contribution is 2.20. The van der Waals surface area contributed by atoms with Crippen molar-refractivity contribution in [3.63, 3.8) is 0 Å². The second kappa shape index (κ2) is 14.4. The van der Waals surface area contributed by atoms with Gasteiger partial charge in [0.15, 0.2) is 0 Å². The van der Waals surface area contributed by atoms with Crippen LogP contribution in [0.15, 0.2) is 12.1 Å². The molecule has 25 heavy (non-hydrogen) atoms. The Morgan fingerprint density at radius 1 is 0.520 bits per heavy atom. The zero-order valence-corrected chi connectivity index (χ0v) is 17.8. The number of hydrogen-bond acceptors (Lipinski definition) is 0. The van der Waals surface area contributed by atoms with Crippen LogP contribution in [0, 0.1) is 20.8 Å². The Morgan fingerprint density at radius 3 is 1.44 bits per heavy atom. The highest BCUT2D eigenvalue weighted by atomic mass is 14.1. The molecule has 0 atom stereocenters. The molecule has 1 rings (SSSR count). The van der Waals surface area contributed by atoms with Gasteiger partial charge in [-0.25, -0.2) is 0 Å². The Bertz CT molecular complexity index is 444. The molecule has 0 nitrogen and oxygen atoms in total. The summed E-state index contributed by atoms with van der Waals surface area (Å²) in [6, 6.07) is 4.64. The summed E-state index contributed by atoms with van der Waals surface area (Å²) in [6.07, 6.45) is 21.4. The Morgan fingerprint density at radius 2 is 0.960 bits per heavy atom. The van der Waals surface area contributed by atoms with E-state index in [-0.39, 0.29) is 0 Å². The van der Waals surface area contributed by atoms with Crippen LogP contribution >= 0.6 is 0 Å². The normalized spacial score (nSPS) is 11.2. The Kier molecular flexibility index (Phi) is 12.8. The van der Waals surface area contributed by atoms with Crippen LogP contribution in [0.4, 0.5) is 0 Å². The number of rotatable bonds is 15. The monoisotopic (exact) mass is 344 g/mol. The Balaban J connectivity index is 1.90. The van der Waals surface area contributed by atoms with Crippen LogP contribution in [0.25, 0.3) is 0 Å². The Labute approximate surface area is 158 Å². The molecule has 0 bridgehead atoms. The second-order valence-electron chi connectivity index (χ2n) is 8.14. The topological polar surface area (TPSA) is 0 Å². The molecule has 144 valence electrons. The van der Waals surface area contributed by atoms with Gasteiger partial charge in [-0.05, 0) is 55.9 Å². The molecular weight excluding hydrogens is 300 g/mol.